The van der Waals surface area contributed by atoms with Gasteiger partial charge in [0.1, 0.15) is 13.2 Å². The van der Waals surface area contributed by atoms with Gasteiger partial charge in [-0.25, -0.2) is 4.57 Å². The topological polar surface area (TPSA) is 156 Å². The second-order valence-corrected chi connectivity index (χ2v) is 8.03. The van der Waals surface area contributed by atoms with Gasteiger partial charge in [0.05, 0.1) is 12.3 Å². The van der Waals surface area contributed by atoms with Crippen molar-refractivity contribution in [3.05, 3.63) is 0 Å². The molecule has 0 saturated carbocycles. The molecule has 0 saturated heterocycles. The standard InChI is InChI=1S/C15H30N3O8P.3C2H6/c1-11(18-24-4)6-8-16-12(19)7-9-17-14(21)13(20)15(2,3)10-26-27(22,23)25-5;3*1-2/h13,20H,6-10H2,1-5H3,(H,16,19)(H,17,21)(H,22,23);3*1-2H3/b18-11+;;;. The number of aliphatic hydroxyl groups excluding tert-OH is 1. The molecule has 0 bridgehead atoms. The van der Waals surface area contributed by atoms with Crippen molar-refractivity contribution in [2.75, 3.05) is 33.9 Å². The van der Waals surface area contributed by atoms with Crippen LogP contribution >= 0.6 is 7.82 Å². The van der Waals surface area contributed by atoms with E-state index in [4.69, 9.17) is 4.52 Å². The molecule has 0 heterocycles. The van der Waals surface area contributed by atoms with Crippen molar-refractivity contribution in [1.82, 2.24) is 10.6 Å². The lowest BCUT2D eigenvalue weighted by Crippen LogP contribution is -2.46. The first-order valence-electron chi connectivity index (χ1n) is 11.3. The van der Waals surface area contributed by atoms with Crippen LogP contribution in [0.15, 0.2) is 5.16 Å². The molecule has 0 rings (SSSR count). The van der Waals surface area contributed by atoms with Crippen LogP contribution in [0.3, 0.4) is 0 Å². The van der Waals surface area contributed by atoms with Gasteiger partial charge in [-0.2, -0.15) is 0 Å². The van der Waals surface area contributed by atoms with Gasteiger partial charge in [0.25, 0.3) is 0 Å². The smallest absolute Gasteiger partial charge is 0.399 e. The van der Waals surface area contributed by atoms with Gasteiger partial charge in [-0.1, -0.05) is 60.5 Å². The Morgan fingerprint density at radius 1 is 1.00 bits per heavy atom. The van der Waals surface area contributed by atoms with Gasteiger partial charge in [0.15, 0.2) is 0 Å². The summed E-state index contributed by atoms with van der Waals surface area (Å²) >= 11 is 0. The van der Waals surface area contributed by atoms with Crippen LogP contribution in [0.2, 0.25) is 0 Å². The molecule has 2 atom stereocenters. The third kappa shape index (κ3) is 22.1. The monoisotopic (exact) mass is 501 g/mol. The zero-order valence-electron chi connectivity index (χ0n) is 22.4. The molecule has 2 unspecified atom stereocenters. The molecule has 0 aliphatic heterocycles. The van der Waals surface area contributed by atoms with E-state index in [0.717, 1.165) is 12.8 Å². The Hall–Kier alpha value is -1.52. The molecule has 0 aliphatic rings. The Bertz CT molecular complexity index is 572. The molecule has 200 valence electrons. The minimum atomic E-state index is -4.21. The fourth-order valence-electron chi connectivity index (χ4n) is 1.80. The van der Waals surface area contributed by atoms with Crippen LogP contribution < -0.4 is 10.6 Å². The number of carbonyl (C=O) groups is 2. The lowest BCUT2D eigenvalue weighted by Gasteiger charge is -2.29. The summed E-state index contributed by atoms with van der Waals surface area (Å²) in [7, 11) is -1.76. The first kappa shape index (κ1) is 38.7. The van der Waals surface area contributed by atoms with Crippen LogP contribution in [0.1, 0.15) is 75.2 Å². The van der Waals surface area contributed by atoms with E-state index >= 15 is 0 Å². The second kappa shape index (κ2) is 23.6. The number of phosphoric acid groups is 1. The third-order valence-electron chi connectivity index (χ3n) is 3.53. The number of oxime groups is 1. The van der Waals surface area contributed by atoms with Gasteiger partial charge in [-0.3, -0.25) is 18.6 Å². The maximum absolute atomic E-state index is 12.0. The van der Waals surface area contributed by atoms with Gasteiger partial charge in [-0.15, -0.1) is 0 Å². The molecule has 12 heteroatoms. The summed E-state index contributed by atoms with van der Waals surface area (Å²) in [5.74, 6) is -0.983. The van der Waals surface area contributed by atoms with E-state index in [0.29, 0.717) is 13.0 Å². The SMILES string of the molecule is CC.CC.CC.CO/N=C(\C)CCNC(=O)CCNC(=O)C(O)C(C)(C)COP(=O)(O)OC. The Kier molecular flexibility index (Phi) is 27.7. The lowest BCUT2D eigenvalue weighted by molar-refractivity contribution is -0.137. The number of rotatable bonds is 13. The number of nitrogens with one attached hydrogen (secondary N) is 2. The maximum Gasteiger partial charge on any atom is 0.471 e. The lowest BCUT2D eigenvalue weighted by atomic mass is 9.87. The molecule has 0 radical (unpaired) electrons. The summed E-state index contributed by atoms with van der Waals surface area (Å²) in [5.41, 5.74) is -0.416. The first-order chi connectivity index (χ1) is 15.4. The van der Waals surface area contributed by atoms with Crippen molar-refractivity contribution >= 4 is 25.3 Å². The van der Waals surface area contributed by atoms with Crippen molar-refractivity contribution in [1.29, 1.82) is 0 Å². The van der Waals surface area contributed by atoms with Crippen LogP contribution in [0, 0.1) is 5.41 Å². The normalized spacial score (nSPS) is 13.3. The molecule has 33 heavy (non-hydrogen) atoms. The van der Waals surface area contributed by atoms with Gasteiger partial charge >= 0.3 is 7.82 Å². The van der Waals surface area contributed by atoms with Crippen molar-refractivity contribution in [3.63, 3.8) is 0 Å². The highest BCUT2D eigenvalue weighted by atomic mass is 31.2. The van der Waals surface area contributed by atoms with Crippen LogP contribution in [-0.2, 0) is 28.0 Å². The highest BCUT2D eigenvalue weighted by Crippen LogP contribution is 2.43. The van der Waals surface area contributed by atoms with Gasteiger partial charge in [-0.05, 0) is 6.92 Å². The summed E-state index contributed by atoms with van der Waals surface area (Å²) in [4.78, 5) is 37.5. The predicted molar refractivity (Wildman–Crippen MR) is 132 cm³/mol. The zero-order valence-corrected chi connectivity index (χ0v) is 23.2. The quantitative estimate of drug-likeness (QED) is 0.170. The van der Waals surface area contributed by atoms with Crippen LogP contribution in [0.25, 0.3) is 0 Å². The molecule has 0 aromatic carbocycles. The van der Waals surface area contributed by atoms with E-state index in [-0.39, 0.29) is 25.5 Å². The van der Waals surface area contributed by atoms with E-state index < -0.39 is 25.2 Å². The Morgan fingerprint density at radius 3 is 1.94 bits per heavy atom. The first-order valence-corrected chi connectivity index (χ1v) is 12.8. The largest absolute Gasteiger partial charge is 0.471 e. The van der Waals surface area contributed by atoms with E-state index in [1.165, 1.54) is 21.0 Å². The molecule has 4 N–H and O–H groups in total. The van der Waals surface area contributed by atoms with Crippen LogP contribution in [0.5, 0.6) is 0 Å². The molecule has 2 amide bonds. The third-order valence-corrected chi connectivity index (χ3v) is 4.44. The number of aliphatic hydroxyl groups is 1. The van der Waals surface area contributed by atoms with Crippen molar-refractivity contribution in [3.8, 4) is 0 Å². The molecule has 0 spiro atoms. The van der Waals surface area contributed by atoms with E-state index in [1.54, 1.807) is 6.92 Å². The molecule has 0 aromatic rings. The van der Waals surface area contributed by atoms with Gasteiger partial charge in [0.2, 0.25) is 11.8 Å². The highest BCUT2D eigenvalue weighted by molar-refractivity contribution is 7.47. The second-order valence-electron chi connectivity index (χ2n) is 6.47. The number of phosphoric ester groups is 1. The average Bonchev–Trinajstić information content (AvgIpc) is 2.81. The van der Waals surface area contributed by atoms with Crippen molar-refractivity contribution in [2.45, 2.75) is 81.3 Å². The maximum atomic E-state index is 12.0. The minimum absolute atomic E-state index is 0.0281. The van der Waals surface area contributed by atoms with Crippen molar-refractivity contribution in [2.24, 2.45) is 10.6 Å². The molecule has 0 aliphatic carbocycles. The number of amides is 2. The summed E-state index contributed by atoms with van der Waals surface area (Å²) in [6.07, 6.45) is -0.939. The number of hydrogen-bond acceptors (Lipinski definition) is 8. The zero-order chi connectivity index (χ0) is 27.1. The Balaban J connectivity index is -0.000000642. The highest BCUT2D eigenvalue weighted by Gasteiger charge is 2.36. The van der Waals surface area contributed by atoms with Crippen molar-refractivity contribution < 1.29 is 38.0 Å². The summed E-state index contributed by atoms with van der Waals surface area (Å²) in [6.45, 7) is 16.8. The summed E-state index contributed by atoms with van der Waals surface area (Å²) in [5, 5.41) is 18.9. The minimum Gasteiger partial charge on any atom is -0.399 e. The van der Waals surface area contributed by atoms with Gasteiger partial charge in [0, 0.05) is 38.5 Å². The molecular weight excluding hydrogens is 453 g/mol. The van der Waals surface area contributed by atoms with Gasteiger partial charge < -0.3 is 25.5 Å². The van der Waals surface area contributed by atoms with Crippen LogP contribution in [0.4, 0.5) is 0 Å². The number of carbonyl (C=O) groups excluding carboxylic acids is 2. The average molecular weight is 502 g/mol. The predicted octanol–water partition coefficient (Wildman–Crippen LogP) is 3.25. The fourth-order valence-corrected chi connectivity index (χ4v) is 2.40. The Morgan fingerprint density at radius 2 is 1.48 bits per heavy atom. The van der Waals surface area contributed by atoms with E-state index in [2.05, 4.69) is 25.2 Å². The molecule has 0 aromatic heterocycles. The summed E-state index contributed by atoms with van der Waals surface area (Å²) in [6, 6.07) is 0. The van der Waals surface area contributed by atoms with Crippen LogP contribution in [-0.4, -0.2) is 67.5 Å². The number of hydrogen-bond donors (Lipinski definition) is 4. The fraction of sp³-hybridized carbons (Fsp3) is 0.857. The van der Waals surface area contributed by atoms with E-state index in [9.17, 15) is 24.2 Å². The molecule has 0 fully saturated rings. The Labute approximate surface area is 200 Å². The van der Waals surface area contributed by atoms with E-state index in [1.807, 2.05) is 41.5 Å². The molecule has 11 nitrogen and oxygen atoms in total. The molecular formula is C21H48N3O8P. The number of nitrogens with zero attached hydrogens (tertiary/aromatic N) is 1. The summed E-state index contributed by atoms with van der Waals surface area (Å²) < 4.78 is 20.3.